The first-order valence-corrected chi connectivity index (χ1v) is 33.0. The lowest BCUT2D eigenvalue weighted by molar-refractivity contribution is -0.140. The molecule has 0 saturated heterocycles. The van der Waals surface area contributed by atoms with Crippen molar-refractivity contribution in [1.29, 1.82) is 0 Å². The van der Waals surface area contributed by atoms with Crippen molar-refractivity contribution in [2.45, 2.75) is 183 Å². The molecule has 0 aromatic heterocycles. The molecule has 0 spiro atoms. The fourth-order valence-electron chi connectivity index (χ4n) is 12.2. The Morgan fingerprint density at radius 1 is 0.426 bits per heavy atom. The summed E-state index contributed by atoms with van der Waals surface area (Å²) < 4.78 is 37.4. The molecular formula is C78H96N4O12. The summed E-state index contributed by atoms with van der Waals surface area (Å²) in [7, 11) is 0. The number of urea groups is 2. The first-order chi connectivity index (χ1) is 44.3. The van der Waals surface area contributed by atoms with Gasteiger partial charge in [-0.15, -0.1) is 0 Å². The Balaban J connectivity index is 1.05. The van der Waals surface area contributed by atoms with Crippen LogP contribution in [0.4, 0.5) is 9.59 Å². The normalized spacial score (nSPS) is 16.1. The maximum absolute atomic E-state index is 13.0. The number of amides is 4. The van der Waals surface area contributed by atoms with Gasteiger partial charge in [-0.05, 0) is 152 Å². The number of hydrogen-bond donors (Lipinski definition) is 6. The summed E-state index contributed by atoms with van der Waals surface area (Å²) in [4.78, 5) is 51.1. The van der Waals surface area contributed by atoms with Crippen LogP contribution in [0.3, 0.4) is 0 Å². The summed E-state index contributed by atoms with van der Waals surface area (Å²) in [6, 6.07) is 29.8. The molecule has 4 amide bonds. The van der Waals surface area contributed by atoms with Gasteiger partial charge in [-0.1, -0.05) is 156 Å². The molecule has 500 valence electrons. The van der Waals surface area contributed by atoms with E-state index in [0.29, 0.717) is 122 Å². The number of phenols is 2. The SMILES string of the molecule is CCOC(=O)C1=C(C)NC(=O)NC1c1ccc(OCCCOc2c3cc(C(C)(C)C)cc2Cc2cc(C(C)(C)C)cc(c2O)Cc2cc(C(C)(C)C)cc(c2OCCCOc2ccc(C4NC(=O)NC(C)=C4C(=O)OCC)cc2)Cc2cc(C(C)(C)C)cc(c2O)C3)cc1. The summed E-state index contributed by atoms with van der Waals surface area (Å²) in [6.45, 7) is 34.9. The molecule has 1 aliphatic carbocycles. The highest BCUT2D eigenvalue weighted by atomic mass is 16.5. The minimum absolute atomic E-state index is 0.199. The number of carbonyl (C=O) groups excluding carboxylic acids is 4. The Bertz CT molecular complexity index is 3540. The van der Waals surface area contributed by atoms with Crippen molar-refractivity contribution in [2.24, 2.45) is 0 Å². The van der Waals surface area contributed by atoms with E-state index in [1.54, 1.807) is 27.7 Å². The number of rotatable bonds is 18. The van der Waals surface area contributed by atoms with Gasteiger partial charge in [0, 0.05) is 49.9 Å². The molecule has 2 aliphatic heterocycles. The lowest BCUT2D eigenvalue weighted by Gasteiger charge is -2.28. The molecule has 0 saturated carbocycles. The Hall–Kier alpha value is -8.92. The molecule has 94 heavy (non-hydrogen) atoms. The highest BCUT2D eigenvalue weighted by Crippen LogP contribution is 2.45. The second kappa shape index (κ2) is 28.3. The van der Waals surface area contributed by atoms with Gasteiger partial charge in [-0.2, -0.15) is 0 Å². The third kappa shape index (κ3) is 16.3. The van der Waals surface area contributed by atoms with Gasteiger partial charge in [0.25, 0.3) is 0 Å². The third-order valence-electron chi connectivity index (χ3n) is 17.6. The standard InChI is InChI=1S/C78H96N4O12/c1-17-89-71(85)63-45(3)79-73(87)81-65(63)47-21-25-61(26-22-47)91-29-19-31-93-69-53-33-49-37-57(75(5,6)7)39-51(67(49)83)35-55-43-60(78(14,15)16)44-56(36-52-40-58(76(8,9)10)38-50(68(52)84)34-54(69)42-59(41-53)77(11,12)13)70(55)94-32-20-30-92-62-27-23-48(24-28-62)66-64(72(86)90-18-2)46(4)80-74(88)82-66/h21-28,37-44,65-66,83-84H,17-20,29-36H2,1-16H3,(H2,79,81,87)(H2,80,82,88). The van der Waals surface area contributed by atoms with E-state index in [-0.39, 0.29) is 46.4 Å². The molecular weight excluding hydrogens is 1180 g/mol. The molecule has 2 unspecified atom stereocenters. The third-order valence-corrected chi connectivity index (χ3v) is 17.6. The van der Waals surface area contributed by atoms with Crippen molar-refractivity contribution >= 4 is 24.0 Å². The van der Waals surface area contributed by atoms with Crippen molar-refractivity contribution in [2.75, 3.05) is 39.6 Å². The van der Waals surface area contributed by atoms with Crippen molar-refractivity contribution in [3.05, 3.63) is 197 Å². The Kier molecular flexibility index (Phi) is 20.9. The number of fused-ring (bicyclic) bond motifs is 8. The zero-order chi connectivity index (χ0) is 68.2. The van der Waals surface area contributed by atoms with E-state index in [4.69, 9.17) is 28.4 Å². The number of hydrogen-bond acceptors (Lipinski definition) is 12. The highest BCUT2D eigenvalue weighted by Gasteiger charge is 2.35. The molecule has 3 aliphatic rings. The zero-order valence-corrected chi connectivity index (χ0v) is 57.9. The monoisotopic (exact) mass is 1280 g/mol. The summed E-state index contributed by atoms with van der Waals surface area (Å²) in [5.41, 5.74) is 12.8. The molecule has 16 nitrogen and oxygen atoms in total. The number of benzene rings is 6. The lowest BCUT2D eigenvalue weighted by atomic mass is 9.79. The minimum Gasteiger partial charge on any atom is -0.507 e. The van der Waals surface area contributed by atoms with Crippen molar-refractivity contribution in [3.8, 4) is 34.5 Å². The second-order valence-corrected chi connectivity index (χ2v) is 29.1. The van der Waals surface area contributed by atoms with Crippen molar-refractivity contribution in [3.63, 3.8) is 0 Å². The summed E-state index contributed by atoms with van der Waals surface area (Å²) in [6.07, 6.45) is 2.43. The van der Waals surface area contributed by atoms with E-state index in [1.807, 2.05) is 48.5 Å². The van der Waals surface area contributed by atoms with E-state index >= 15 is 0 Å². The highest BCUT2D eigenvalue weighted by molar-refractivity contribution is 5.96. The fraction of sp³-hybridized carbons (Fsp3) is 0.436. The number of allylic oxidation sites excluding steroid dienone is 2. The molecule has 9 rings (SSSR count). The number of aromatic hydroxyl groups is 2. The van der Waals surface area contributed by atoms with E-state index in [2.05, 4.69) is 153 Å². The molecule has 8 bridgehead atoms. The number of ether oxygens (including phenoxy) is 6. The van der Waals surface area contributed by atoms with Crippen molar-refractivity contribution < 1.29 is 57.8 Å². The van der Waals surface area contributed by atoms with Gasteiger partial charge in [0.2, 0.25) is 0 Å². The predicted octanol–water partition coefficient (Wildman–Crippen LogP) is 15.0. The van der Waals surface area contributed by atoms with Gasteiger partial charge >= 0.3 is 24.0 Å². The van der Waals surface area contributed by atoms with Crippen LogP contribution >= 0.6 is 0 Å². The van der Waals surface area contributed by atoms with Crippen LogP contribution in [-0.2, 0) is 66.4 Å². The quantitative estimate of drug-likeness (QED) is 0.0350. The van der Waals surface area contributed by atoms with Crippen LogP contribution in [0.5, 0.6) is 34.5 Å². The topological polar surface area (TPSA) is 212 Å². The molecule has 6 N–H and O–H groups in total. The maximum atomic E-state index is 13.0. The van der Waals surface area contributed by atoms with Gasteiger partial charge in [0.15, 0.2) is 0 Å². The number of phenolic OH excluding ortho intramolecular Hbond substituents is 2. The largest absolute Gasteiger partial charge is 0.507 e. The average Bonchev–Trinajstić information content (AvgIpc) is 0.774. The van der Waals surface area contributed by atoms with Crippen LogP contribution in [0.2, 0.25) is 0 Å². The smallest absolute Gasteiger partial charge is 0.338 e. The molecule has 0 fully saturated rings. The van der Waals surface area contributed by atoms with E-state index in [9.17, 15) is 29.4 Å². The summed E-state index contributed by atoms with van der Waals surface area (Å²) in [5.74, 6) is 2.01. The number of nitrogens with one attached hydrogen (secondary N) is 4. The van der Waals surface area contributed by atoms with Crippen LogP contribution in [0.1, 0.15) is 214 Å². The van der Waals surface area contributed by atoms with Crippen LogP contribution in [0.25, 0.3) is 0 Å². The van der Waals surface area contributed by atoms with E-state index < -0.39 is 36.1 Å². The first kappa shape index (κ1) is 69.4. The maximum Gasteiger partial charge on any atom is 0.338 e. The van der Waals surface area contributed by atoms with Crippen LogP contribution in [0, 0.1) is 0 Å². The Morgan fingerprint density at radius 2 is 0.691 bits per heavy atom. The predicted molar refractivity (Wildman–Crippen MR) is 367 cm³/mol. The van der Waals surface area contributed by atoms with E-state index in [1.165, 1.54) is 0 Å². The second-order valence-electron chi connectivity index (χ2n) is 29.1. The molecule has 0 radical (unpaired) electrons. The molecule has 16 heteroatoms. The summed E-state index contributed by atoms with van der Waals surface area (Å²) >= 11 is 0. The molecule has 6 aromatic carbocycles. The van der Waals surface area contributed by atoms with Gasteiger partial charge in [-0.25, -0.2) is 19.2 Å². The minimum atomic E-state index is -0.697. The van der Waals surface area contributed by atoms with E-state index in [0.717, 1.165) is 66.8 Å². The van der Waals surface area contributed by atoms with Gasteiger partial charge < -0.3 is 59.9 Å². The van der Waals surface area contributed by atoms with Crippen molar-refractivity contribution in [1.82, 2.24) is 21.3 Å². The molecule has 2 heterocycles. The Morgan fingerprint density at radius 3 is 0.957 bits per heavy atom. The van der Waals surface area contributed by atoms with Crippen LogP contribution in [0.15, 0.2) is 120 Å². The first-order valence-electron chi connectivity index (χ1n) is 33.0. The number of carbonyl (C=O) groups is 4. The lowest BCUT2D eigenvalue weighted by Crippen LogP contribution is -2.45. The summed E-state index contributed by atoms with van der Waals surface area (Å²) in [5, 5.41) is 36.9. The van der Waals surface area contributed by atoms with Crippen LogP contribution < -0.4 is 40.2 Å². The Labute approximate surface area is 555 Å². The van der Waals surface area contributed by atoms with Gasteiger partial charge in [0.1, 0.15) is 34.5 Å². The zero-order valence-electron chi connectivity index (χ0n) is 57.9. The fourth-order valence-corrected chi connectivity index (χ4v) is 12.2. The molecule has 2 atom stereocenters. The molecule has 6 aromatic rings. The number of esters is 2. The van der Waals surface area contributed by atoms with Crippen LogP contribution in [-0.4, -0.2) is 73.9 Å². The average molecular weight is 1280 g/mol. The van der Waals surface area contributed by atoms with Gasteiger partial charge in [-0.3, -0.25) is 0 Å². The van der Waals surface area contributed by atoms with Gasteiger partial charge in [0.05, 0.1) is 62.9 Å².